The molecule has 0 saturated carbocycles. The third-order valence-electron chi connectivity index (χ3n) is 3.80. The number of hydrogen-bond donors (Lipinski definition) is 1. The van der Waals surface area contributed by atoms with E-state index in [2.05, 4.69) is 15.3 Å². The molecule has 3 heterocycles. The molecule has 0 spiro atoms. The van der Waals surface area contributed by atoms with E-state index in [-0.39, 0.29) is 10.3 Å². The SMILES string of the molecule is COc1nccnc1NC1CCN(S(=O)(=O)c2ccc(Cl)s2)CC1. The van der Waals surface area contributed by atoms with Crippen LogP contribution in [-0.4, -0.2) is 48.9 Å². The van der Waals surface area contributed by atoms with Crippen LogP contribution in [0, 0.1) is 0 Å². The van der Waals surface area contributed by atoms with E-state index in [1.54, 1.807) is 24.5 Å². The molecule has 130 valence electrons. The van der Waals surface area contributed by atoms with Crippen molar-refractivity contribution in [2.45, 2.75) is 23.1 Å². The van der Waals surface area contributed by atoms with Gasteiger partial charge in [-0.2, -0.15) is 4.31 Å². The van der Waals surface area contributed by atoms with Crippen molar-refractivity contribution in [2.75, 3.05) is 25.5 Å². The number of piperidine rings is 1. The van der Waals surface area contributed by atoms with Gasteiger partial charge >= 0.3 is 0 Å². The maximum absolute atomic E-state index is 12.6. The molecule has 10 heteroatoms. The molecule has 1 fully saturated rings. The van der Waals surface area contributed by atoms with E-state index >= 15 is 0 Å². The highest BCUT2D eigenvalue weighted by atomic mass is 35.5. The number of nitrogens with zero attached hydrogens (tertiary/aromatic N) is 3. The first-order chi connectivity index (χ1) is 11.5. The predicted octanol–water partition coefficient (Wildman–Crippen LogP) is 2.47. The minimum absolute atomic E-state index is 0.119. The summed E-state index contributed by atoms with van der Waals surface area (Å²) >= 11 is 6.93. The van der Waals surface area contributed by atoms with Gasteiger partial charge in [0.15, 0.2) is 5.82 Å². The number of halogens is 1. The summed E-state index contributed by atoms with van der Waals surface area (Å²) in [5.74, 6) is 1.01. The number of rotatable bonds is 5. The van der Waals surface area contributed by atoms with Crippen molar-refractivity contribution >= 4 is 38.8 Å². The van der Waals surface area contributed by atoms with Crippen molar-refractivity contribution in [3.63, 3.8) is 0 Å². The van der Waals surface area contributed by atoms with Gasteiger partial charge in [0.25, 0.3) is 15.9 Å². The second-order valence-electron chi connectivity index (χ2n) is 5.30. The quantitative estimate of drug-likeness (QED) is 0.846. The van der Waals surface area contributed by atoms with Gasteiger partial charge in [0.05, 0.1) is 11.4 Å². The van der Waals surface area contributed by atoms with Crippen LogP contribution in [0.25, 0.3) is 0 Å². The van der Waals surface area contributed by atoms with Crippen molar-refractivity contribution in [1.29, 1.82) is 0 Å². The van der Waals surface area contributed by atoms with E-state index in [1.165, 1.54) is 11.4 Å². The van der Waals surface area contributed by atoms with Crippen LogP contribution in [0.1, 0.15) is 12.8 Å². The Morgan fingerprint density at radius 3 is 2.62 bits per heavy atom. The molecule has 0 radical (unpaired) electrons. The standard InChI is InChI=1S/C14H17ClN4O3S2/c1-22-14-13(16-6-7-17-14)18-10-4-8-19(9-5-10)24(20,21)12-3-2-11(15)23-12/h2-3,6-7,10H,4-5,8-9H2,1H3,(H,16,18). The van der Waals surface area contributed by atoms with Gasteiger partial charge in [0.2, 0.25) is 0 Å². The van der Waals surface area contributed by atoms with E-state index in [1.807, 2.05) is 0 Å². The number of methoxy groups -OCH3 is 1. The molecule has 1 aliphatic heterocycles. The molecular formula is C14H17ClN4O3S2. The first-order valence-corrected chi connectivity index (χ1v) is 10.0. The molecular weight excluding hydrogens is 372 g/mol. The van der Waals surface area contributed by atoms with Crippen molar-refractivity contribution < 1.29 is 13.2 Å². The van der Waals surface area contributed by atoms with E-state index < -0.39 is 10.0 Å². The largest absolute Gasteiger partial charge is 0.478 e. The molecule has 0 amide bonds. The molecule has 1 N–H and O–H groups in total. The lowest BCUT2D eigenvalue weighted by Gasteiger charge is -2.31. The molecule has 0 aliphatic carbocycles. The zero-order chi connectivity index (χ0) is 17.2. The molecule has 3 rings (SSSR count). The average molecular weight is 389 g/mol. The van der Waals surface area contributed by atoms with Crippen LogP contribution < -0.4 is 10.1 Å². The molecule has 2 aromatic rings. The maximum atomic E-state index is 12.6. The van der Waals surface area contributed by atoms with Crippen molar-refractivity contribution in [1.82, 2.24) is 14.3 Å². The van der Waals surface area contributed by atoms with Gasteiger partial charge < -0.3 is 10.1 Å². The van der Waals surface area contributed by atoms with Crippen LogP contribution in [0.5, 0.6) is 5.88 Å². The van der Waals surface area contributed by atoms with Crippen LogP contribution in [-0.2, 0) is 10.0 Å². The van der Waals surface area contributed by atoms with Crippen LogP contribution in [0.4, 0.5) is 5.82 Å². The van der Waals surface area contributed by atoms with Crippen LogP contribution in [0.3, 0.4) is 0 Å². The maximum Gasteiger partial charge on any atom is 0.257 e. The van der Waals surface area contributed by atoms with E-state index in [0.717, 1.165) is 11.3 Å². The summed E-state index contributed by atoms with van der Waals surface area (Å²) in [6, 6.07) is 3.28. The Bertz CT molecular complexity index is 804. The third kappa shape index (κ3) is 3.64. The van der Waals surface area contributed by atoms with Crippen LogP contribution in [0.15, 0.2) is 28.7 Å². The van der Waals surface area contributed by atoms with Gasteiger partial charge in [-0.1, -0.05) is 11.6 Å². The van der Waals surface area contributed by atoms with Gasteiger partial charge in [-0.05, 0) is 25.0 Å². The number of nitrogens with one attached hydrogen (secondary N) is 1. The second kappa shape index (κ2) is 7.22. The fourth-order valence-electron chi connectivity index (χ4n) is 2.57. The van der Waals surface area contributed by atoms with Crippen molar-refractivity contribution in [3.05, 3.63) is 28.9 Å². The Morgan fingerprint density at radius 2 is 2.00 bits per heavy atom. The normalized spacial score (nSPS) is 16.9. The number of hydrogen-bond acceptors (Lipinski definition) is 7. The predicted molar refractivity (Wildman–Crippen MR) is 93.3 cm³/mol. The molecule has 1 saturated heterocycles. The van der Waals surface area contributed by atoms with Gasteiger partial charge in [-0.3, -0.25) is 0 Å². The fourth-order valence-corrected chi connectivity index (χ4v) is 5.68. The lowest BCUT2D eigenvalue weighted by atomic mass is 10.1. The van der Waals surface area contributed by atoms with Gasteiger partial charge in [-0.15, -0.1) is 11.3 Å². The summed E-state index contributed by atoms with van der Waals surface area (Å²) in [5, 5.41) is 3.28. The minimum atomic E-state index is -3.46. The molecule has 2 aromatic heterocycles. The highest BCUT2D eigenvalue weighted by Crippen LogP contribution is 2.30. The third-order valence-corrected chi connectivity index (χ3v) is 7.39. The molecule has 0 aromatic carbocycles. The molecule has 24 heavy (non-hydrogen) atoms. The Labute approximate surface area is 149 Å². The van der Waals surface area contributed by atoms with Crippen LogP contribution >= 0.6 is 22.9 Å². The zero-order valence-electron chi connectivity index (χ0n) is 13.0. The number of ether oxygens (including phenoxy) is 1. The second-order valence-corrected chi connectivity index (χ2v) is 9.18. The summed E-state index contributed by atoms with van der Waals surface area (Å²) in [6.45, 7) is 0.885. The number of sulfonamides is 1. The van der Waals surface area contributed by atoms with E-state index in [9.17, 15) is 8.42 Å². The molecule has 7 nitrogen and oxygen atoms in total. The number of aromatic nitrogens is 2. The molecule has 0 bridgehead atoms. The Hall–Kier alpha value is -1.42. The summed E-state index contributed by atoms with van der Waals surface area (Å²) < 4.78 is 32.6. The van der Waals surface area contributed by atoms with Gasteiger partial charge in [-0.25, -0.2) is 18.4 Å². The number of thiophene rings is 1. The first-order valence-electron chi connectivity index (χ1n) is 7.37. The Kier molecular flexibility index (Phi) is 5.24. The average Bonchev–Trinajstić information content (AvgIpc) is 3.03. The minimum Gasteiger partial charge on any atom is -0.478 e. The summed E-state index contributed by atoms with van der Waals surface area (Å²) in [7, 11) is -1.93. The zero-order valence-corrected chi connectivity index (χ0v) is 15.4. The van der Waals surface area contributed by atoms with Gasteiger partial charge in [0, 0.05) is 31.5 Å². The Morgan fingerprint density at radius 1 is 1.29 bits per heavy atom. The lowest BCUT2D eigenvalue weighted by Crippen LogP contribution is -2.42. The number of anilines is 1. The summed E-state index contributed by atoms with van der Waals surface area (Å²) in [5.41, 5.74) is 0. The highest BCUT2D eigenvalue weighted by Gasteiger charge is 2.30. The summed E-state index contributed by atoms with van der Waals surface area (Å²) in [6.07, 6.45) is 4.51. The first kappa shape index (κ1) is 17.4. The van der Waals surface area contributed by atoms with E-state index in [0.29, 0.717) is 42.0 Å². The van der Waals surface area contributed by atoms with Crippen molar-refractivity contribution in [3.8, 4) is 5.88 Å². The smallest absolute Gasteiger partial charge is 0.257 e. The molecule has 1 aliphatic rings. The summed E-state index contributed by atoms with van der Waals surface area (Å²) in [4.78, 5) is 8.31. The van der Waals surface area contributed by atoms with Gasteiger partial charge in [0.1, 0.15) is 4.21 Å². The highest BCUT2D eigenvalue weighted by molar-refractivity contribution is 7.91. The molecule has 0 atom stereocenters. The van der Waals surface area contributed by atoms with Crippen LogP contribution in [0.2, 0.25) is 4.34 Å². The van der Waals surface area contributed by atoms with Crippen molar-refractivity contribution in [2.24, 2.45) is 0 Å². The van der Waals surface area contributed by atoms with E-state index in [4.69, 9.17) is 16.3 Å². The Balaban J connectivity index is 1.64. The molecule has 0 unspecified atom stereocenters. The fraction of sp³-hybridized carbons (Fsp3) is 0.429. The topological polar surface area (TPSA) is 84.4 Å². The monoisotopic (exact) mass is 388 g/mol. The lowest BCUT2D eigenvalue weighted by molar-refractivity contribution is 0.328.